The van der Waals surface area contributed by atoms with Crippen molar-refractivity contribution < 1.29 is 0 Å². The van der Waals surface area contributed by atoms with Gasteiger partial charge in [-0.2, -0.15) is 5.10 Å². The van der Waals surface area contributed by atoms with Gasteiger partial charge in [0.15, 0.2) is 5.65 Å². The molecule has 84 valence electrons. The fourth-order valence-electron chi connectivity index (χ4n) is 1.81. The van der Waals surface area contributed by atoms with Crippen LogP contribution in [0.15, 0.2) is 42.7 Å². The Balaban J connectivity index is 2.40. The minimum atomic E-state index is 0.550. The van der Waals surface area contributed by atoms with Crippen LogP contribution < -0.4 is 5.73 Å². The molecule has 1 aromatic carbocycles. The molecule has 0 atom stereocenters. The van der Waals surface area contributed by atoms with Crippen LogP contribution in [0, 0.1) is 0 Å². The number of benzene rings is 1. The molecule has 0 unspecified atom stereocenters. The van der Waals surface area contributed by atoms with Gasteiger partial charge in [-0.05, 0) is 6.07 Å². The Morgan fingerprint density at radius 1 is 1.18 bits per heavy atom. The molecule has 0 spiro atoms. The second kappa shape index (κ2) is 3.75. The third-order valence-electron chi connectivity index (χ3n) is 2.57. The zero-order chi connectivity index (χ0) is 11.8. The van der Waals surface area contributed by atoms with E-state index in [1.807, 2.05) is 30.3 Å². The van der Waals surface area contributed by atoms with Crippen LogP contribution in [-0.4, -0.2) is 14.6 Å². The monoisotopic (exact) mass is 244 g/mol. The Labute approximate surface area is 103 Å². The number of nitrogens with two attached hydrogens (primary N) is 1. The van der Waals surface area contributed by atoms with Crippen LogP contribution in [0.25, 0.3) is 16.9 Å². The summed E-state index contributed by atoms with van der Waals surface area (Å²) >= 11 is 6.18. The number of halogens is 1. The maximum absolute atomic E-state index is 6.18. The number of hydrogen-bond donors (Lipinski definition) is 1. The predicted molar refractivity (Wildman–Crippen MR) is 67.8 cm³/mol. The molecule has 0 aliphatic heterocycles. The molecule has 5 heteroatoms. The summed E-state index contributed by atoms with van der Waals surface area (Å²) < 4.78 is 1.69. The van der Waals surface area contributed by atoms with Crippen LogP contribution >= 0.6 is 11.6 Å². The van der Waals surface area contributed by atoms with Crippen LogP contribution in [0.2, 0.25) is 5.02 Å². The van der Waals surface area contributed by atoms with E-state index in [1.165, 1.54) is 0 Å². The van der Waals surface area contributed by atoms with Crippen LogP contribution in [0.1, 0.15) is 0 Å². The van der Waals surface area contributed by atoms with Gasteiger partial charge in [-0.15, -0.1) is 0 Å². The summed E-state index contributed by atoms with van der Waals surface area (Å²) in [4.78, 5) is 4.19. The minimum absolute atomic E-state index is 0.550. The number of rotatable bonds is 1. The lowest BCUT2D eigenvalue weighted by Gasteiger charge is -2.09. The minimum Gasteiger partial charge on any atom is -0.396 e. The summed E-state index contributed by atoms with van der Waals surface area (Å²) in [5.41, 5.74) is 8.88. The van der Waals surface area contributed by atoms with Gasteiger partial charge in [-0.3, -0.25) is 0 Å². The Morgan fingerprint density at radius 3 is 2.82 bits per heavy atom. The summed E-state index contributed by atoms with van der Waals surface area (Å²) in [6, 6.07) is 9.35. The van der Waals surface area contributed by atoms with Gasteiger partial charge in [-0.1, -0.05) is 29.8 Å². The van der Waals surface area contributed by atoms with Gasteiger partial charge < -0.3 is 5.73 Å². The summed E-state index contributed by atoms with van der Waals surface area (Å²) in [6.07, 6.45) is 3.30. The molecule has 0 saturated carbocycles. The van der Waals surface area contributed by atoms with Gasteiger partial charge in [0.1, 0.15) is 5.69 Å². The predicted octanol–water partition coefficient (Wildman–Crippen LogP) is 2.63. The molecule has 0 bridgehead atoms. The average molecular weight is 245 g/mol. The number of anilines is 1. The maximum atomic E-state index is 6.18. The van der Waals surface area contributed by atoms with Gasteiger partial charge in [0.2, 0.25) is 0 Å². The van der Waals surface area contributed by atoms with E-state index < -0.39 is 0 Å². The fraction of sp³-hybridized carbons (Fsp3) is 0. The molecule has 0 aliphatic carbocycles. The molecule has 2 aromatic heterocycles. The van der Waals surface area contributed by atoms with Crippen molar-refractivity contribution in [2.24, 2.45) is 0 Å². The normalized spacial score (nSPS) is 10.9. The van der Waals surface area contributed by atoms with E-state index in [2.05, 4.69) is 10.1 Å². The molecule has 3 rings (SSSR count). The average Bonchev–Trinajstić information content (AvgIpc) is 2.79. The standard InChI is InChI=1S/C12H9ClN4/c13-9-4-2-1-3-8(9)12-10(14)7-15-11-5-6-16-17(11)12/h1-7H,14H2. The highest BCUT2D eigenvalue weighted by molar-refractivity contribution is 6.33. The number of fused-ring (bicyclic) bond motifs is 1. The van der Waals surface area contributed by atoms with Crippen molar-refractivity contribution in [3.8, 4) is 11.3 Å². The van der Waals surface area contributed by atoms with E-state index in [9.17, 15) is 0 Å². The zero-order valence-electron chi connectivity index (χ0n) is 8.84. The number of nitrogen functional groups attached to an aromatic ring is 1. The molecular weight excluding hydrogens is 236 g/mol. The van der Waals surface area contributed by atoms with Crippen molar-refractivity contribution in [3.05, 3.63) is 47.7 Å². The number of hydrogen-bond acceptors (Lipinski definition) is 3. The van der Waals surface area contributed by atoms with E-state index in [4.69, 9.17) is 17.3 Å². The Kier molecular flexibility index (Phi) is 2.23. The first-order valence-corrected chi connectivity index (χ1v) is 5.48. The molecule has 0 fully saturated rings. The van der Waals surface area contributed by atoms with Crippen molar-refractivity contribution in [1.29, 1.82) is 0 Å². The van der Waals surface area contributed by atoms with Crippen molar-refractivity contribution in [2.45, 2.75) is 0 Å². The van der Waals surface area contributed by atoms with Gasteiger partial charge in [-0.25, -0.2) is 9.50 Å². The first-order valence-electron chi connectivity index (χ1n) is 5.10. The summed E-state index contributed by atoms with van der Waals surface area (Å²) in [5.74, 6) is 0. The van der Waals surface area contributed by atoms with E-state index in [0.29, 0.717) is 10.7 Å². The molecule has 0 amide bonds. The van der Waals surface area contributed by atoms with Crippen molar-refractivity contribution in [1.82, 2.24) is 14.6 Å². The first-order chi connectivity index (χ1) is 8.27. The van der Waals surface area contributed by atoms with Crippen LogP contribution in [-0.2, 0) is 0 Å². The molecule has 4 nitrogen and oxygen atoms in total. The molecule has 0 saturated heterocycles. The van der Waals surface area contributed by atoms with Gasteiger partial charge in [0, 0.05) is 11.6 Å². The molecule has 3 aromatic rings. The summed E-state index contributed by atoms with van der Waals surface area (Å²) in [6.45, 7) is 0. The van der Waals surface area contributed by atoms with Crippen molar-refractivity contribution in [2.75, 3.05) is 5.73 Å². The Hall–Kier alpha value is -2.07. The lowest BCUT2D eigenvalue weighted by Crippen LogP contribution is -2.01. The van der Waals surface area contributed by atoms with Gasteiger partial charge in [0.05, 0.1) is 23.1 Å². The molecule has 17 heavy (non-hydrogen) atoms. The molecule has 0 radical (unpaired) electrons. The third kappa shape index (κ3) is 1.54. The van der Waals surface area contributed by atoms with Crippen LogP contribution in [0.5, 0.6) is 0 Å². The molecular formula is C12H9ClN4. The third-order valence-corrected chi connectivity index (χ3v) is 2.90. The SMILES string of the molecule is Nc1cnc2ccnn2c1-c1ccccc1Cl. The topological polar surface area (TPSA) is 56.2 Å². The molecule has 2 N–H and O–H groups in total. The van der Waals surface area contributed by atoms with E-state index >= 15 is 0 Å². The highest BCUT2D eigenvalue weighted by Crippen LogP contribution is 2.31. The lowest BCUT2D eigenvalue weighted by molar-refractivity contribution is 0.951. The smallest absolute Gasteiger partial charge is 0.155 e. The second-order valence-electron chi connectivity index (χ2n) is 3.64. The lowest BCUT2D eigenvalue weighted by atomic mass is 10.1. The quantitative estimate of drug-likeness (QED) is 0.716. The largest absolute Gasteiger partial charge is 0.396 e. The Bertz CT molecular complexity index is 690. The highest BCUT2D eigenvalue weighted by atomic mass is 35.5. The van der Waals surface area contributed by atoms with Crippen molar-refractivity contribution in [3.63, 3.8) is 0 Å². The van der Waals surface area contributed by atoms with E-state index in [1.54, 1.807) is 16.9 Å². The van der Waals surface area contributed by atoms with Gasteiger partial charge >= 0.3 is 0 Å². The zero-order valence-corrected chi connectivity index (χ0v) is 9.59. The van der Waals surface area contributed by atoms with Crippen LogP contribution in [0.4, 0.5) is 5.69 Å². The number of nitrogens with zero attached hydrogens (tertiary/aromatic N) is 3. The van der Waals surface area contributed by atoms with Crippen molar-refractivity contribution >= 4 is 22.9 Å². The molecule has 2 heterocycles. The van der Waals surface area contributed by atoms with Gasteiger partial charge in [0.25, 0.3) is 0 Å². The highest BCUT2D eigenvalue weighted by Gasteiger charge is 2.12. The summed E-state index contributed by atoms with van der Waals surface area (Å²) in [5, 5.41) is 4.85. The van der Waals surface area contributed by atoms with E-state index in [-0.39, 0.29) is 0 Å². The molecule has 0 aliphatic rings. The Morgan fingerprint density at radius 2 is 2.00 bits per heavy atom. The first kappa shape index (κ1) is 10.1. The second-order valence-corrected chi connectivity index (χ2v) is 4.05. The van der Waals surface area contributed by atoms with Crippen LogP contribution in [0.3, 0.4) is 0 Å². The fourth-order valence-corrected chi connectivity index (χ4v) is 2.03. The maximum Gasteiger partial charge on any atom is 0.155 e. The summed E-state index contributed by atoms with van der Waals surface area (Å²) in [7, 11) is 0. The number of aromatic nitrogens is 3. The van der Waals surface area contributed by atoms with E-state index in [0.717, 1.165) is 16.9 Å².